The highest BCUT2D eigenvalue weighted by molar-refractivity contribution is 6.27. The molecule has 0 bridgehead atoms. The molecule has 4 N–H and O–H groups in total. The standard InChI is InChI=1S/C25H38N2O2.C2H2O4/c1-19(25(29)15-8-3-9-16-25)26-18-23(28)27-17-14-20-10-6-7-13-22(20)24(27)21-11-4-2-5-12-21;3-1(4)2(5)6/h6-7,10,13,19,21,24,26,29H,2-5,8-9,11-12,14-18H2,1H3;(H,3,4)(H,5,6). The van der Waals surface area contributed by atoms with E-state index in [-0.39, 0.29) is 18.0 Å². The van der Waals surface area contributed by atoms with Gasteiger partial charge in [-0.1, -0.05) is 62.8 Å². The molecule has 2 aliphatic carbocycles. The Bertz CT molecular complexity index is 864. The number of carboxylic acid groups (broad SMARTS) is 2. The number of aliphatic hydroxyl groups is 1. The van der Waals surface area contributed by atoms with E-state index in [9.17, 15) is 9.90 Å². The Morgan fingerprint density at radius 3 is 2.23 bits per heavy atom. The van der Waals surface area contributed by atoms with Crippen LogP contribution < -0.4 is 5.32 Å². The van der Waals surface area contributed by atoms with Crippen LogP contribution in [-0.2, 0) is 20.8 Å². The number of benzene rings is 1. The Kier molecular flexibility index (Phi) is 9.69. The van der Waals surface area contributed by atoms with Crippen molar-refractivity contribution in [2.45, 2.75) is 95.2 Å². The Balaban J connectivity index is 0.000000509. The summed E-state index contributed by atoms with van der Waals surface area (Å²) in [7, 11) is 0. The molecule has 1 aromatic carbocycles. The molecule has 0 aromatic heterocycles. The molecule has 0 spiro atoms. The van der Waals surface area contributed by atoms with Gasteiger partial charge in [0.1, 0.15) is 0 Å². The number of carbonyl (C=O) groups excluding carboxylic acids is 1. The van der Waals surface area contributed by atoms with Gasteiger partial charge in [0.05, 0.1) is 18.2 Å². The highest BCUT2D eigenvalue weighted by atomic mass is 16.4. The molecule has 35 heavy (non-hydrogen) atoms. The number of amides is 1. The number of hydrogen-bond acceptors (Lipinski definition) is 5. The molecule has 0 saturated heterocycles. The zero-order chi connectivity index (χ0) is 25.4. The maximum Gasteiger partial charge on any atom is 0.414 e. The van der Waals surface area contributed by atoms with Gasteiger partial charge in [-0.2, -0.15) is 0 Å². The lowest BCUT2D eigenvalue weighted by molar-refractivity contribution is -0.159. The average Bonchev–Trinajstić information content (AvgIpc) is 2.87. The van der Waals surface area contributed by atoms with Crippen LogP contribution in [0.15, 0.2) is 24.3 Å². The van der Waals surface area contributed by atoms with Gasteiger partial charge in [-0.05, 0) is 56.1 Å². The molecule has 2 fully saturated rings. The third kappa shape index (κ3) is 7.04. The molecule has 1 amide bonds. The number of aliphatic carboxylic acids is 2. The van der Waals surface area contributed by atoms with E-state index in [1.807, 2.05) is 6.92 Å². The SMILES string of the molecule is CC(NCC(=O)N1CCc2ccccc2C1C1CCCCC1)C1(O)CCCCC1.O=C(O)C(=O)O. The Hall–Kier alpha value is -2.45. The molecule has 2 unspecified atom stereocenters. The van der Waals surface area contributed by atoms with E-state index in [0.29, 0.717) is 12.5 Å². The maximum atomic E-state index is 13.3. The zero-order valence-electron chi connectivity index (χ0n) is 20.7. The van der Waals surface area contributed by atoms with E-state index in [4.69, 9.17) is 19.8 Å². The lowest BCUT2D eigenvalue weighted by Gasteiger charge is -2.43. The largest absolute Gasteiger partial charge is 0.473 e. The highest BCUT2D eigenvalue weighted by Crippen LogP contribution is 2.42. The van der Waals surface area contributed by atoms with Crippen LogP contribution in [0.1, 0.15) is 88.3 Å². The molecule has 2 atom stereocenters. The minimum Gasteiger partial charge on any atom is -0.473 e. The van der Waals surface area contributed by atoms with E-state index in [0.717, 1.165) is 38.6 Å². The minimum atomic E-state index is -1.82. The van der Waals surface area contributed by atoms with Crippen LogP contribution in [0, 0.1) is 5.92 Å². The Morgan fingerprint density at radius 1 is 1.00 bits per heavy atom. The molecule has 194 valence electrons. The third-order valence-electron chi connectivity index (χ3n) is 8.02. The summed E-state index contributed by atoms with van der Waals surface area (Å²) >= 11 is 0. The van der Waals surface area contributed by atoms with Crippen molar-refractivity contribution >= 4 is 17.8 Å². The van der Waals surface area contributed by atoms with E-state index in [1.165, 1.54) is 49.7 Å². The van der Waals surface area contributed by atoms with Crippen LogP contribution >= 0.6 is 0 Å². The fourth-order valence-electron chi connectivity index (χ4n) is 5.97. The number of rotatable bonds is 5. The fraction of sp³-hybridized carbons (Fsp3) is 0.667. The molecule has 1 aliphatic heterocycles. The van der Waals surface area contributed by atoms with E-state index < -0.39 is 17.5 Å². The first-order chi connectivity index (χ1) is 16.7. The molecule has 3 aliphatic rings. The fourth-order valence-corrected chi connectivity index (χ4v) is 5.97. The van der Waals surface area contributed by atoms with Gasteiger partial charge < -0.3 is 25.5 Å². The summed E-state index contributed by atoms with van der Waals surface area (Å²) in [6.07, 6.45) is 12.4. The lowest BCUT2D eigenvalue weighted by atomic mass is 9.77. The van der Waals surface area contributed by atoms with Gasteiger partial charge in [0.15, 0.2) is 0 Å². The van der Waals surface area contributed by atoms with Crippen molar-refractivity contribution < 1.29 is 29.7 Å². The van der Waals surface area contributed by atoms with Gasteiger partial charge in [-0.25, -0.2) is 9.59 Å². The number of hydrogen-bond donors (Lipinski definition) is 4. The van der Waals surface area contributed by atoms with Gasteiger partial charge in [0.2, 0.25) is 5.91 Å². The number of carbonyl (C=O) groups is 3. The number of carboxylic acids is 2. The summed E-state index contributed by atoms with van der Waals surface area (Å²) in [5, 5.41) is 29.1. The first-order valence-electron chi connectivity index (χ1n) is 13.0. The van der Waals surface area contributed by atoms with Crippen LogP contribution in [0.5, 0.6) is 0 Å². The molecule has 4 rings (SSSR count). The van der Waals surface area contributed by atoms with Crippen LogP contribution in [0.4, 0.5) is 0 Å². The molecule has 1 aromatic rings. The predicted molar refractivity (Wildman–Crippen MR) is 132 cm³/mol. The molecular weight excluding hydrogens is 448 g/mol. The second-order valence-electron chi connectivity index (χ2n) is 10.3. The molecule has 8 heteroatoms. The normalized spacial score (nSPS) is 22.8. The summed E-state index contributed by atoms with van der Waals surface area (Å²) in [4.78, 5) is 33.7. The third-order valence-corrected chi connectivity index (χ3v) is 8.02. The average molecular weight is 489 g/mol. The van der Waals surface area contributed by atoms with Crippen LogP contribution in [0.25, 0.3) is 0 Å². The maximum absolute atomic E-state index is 13.3. The van der Waals surface area contributed by atoms with Gasteiger partial charge in [0.25, 0.3) is 0 Å². The Labute approximate surface area is 207 Å². The number of nitrogens with zero attached hydrogens (tertiary/aromatic N) is 1. The summed E-state index contributed by atoms with van der Waals surface area (Å²) in [5.41, 5.74) is 2.14. The minimum absolute atomic E-state index is 0.0445. The van der Waals surface area contributed by atoms with Crippen LogP contribution in [-0.4, -0.2) is 62.8 Å². The molecule has 1 heterocycles. The van der Waals surface area contributed by atoms with Crippen molar-refractivity contribution in [3.8, 4) is 0 Å². The van der Waals surface area contributed by atoms with Gasteiger partial charge >= 0.3 is 11.9 Å². The van der Waals surface area contributed by atoms with E-state index in [2.05, 4.69) is 34.5 Å². The summed E-state index contributed by atoms with van der Waals surface area (Å²) in [5.74, 6) is -2.87. The summed E-state index contributed by atoms with van der Waals surface area (Å²) in [6, 6.07) is 8.92. The number of fused-ring (bicyclic) bond motifs is 1. The van der Waals surface area contributed by atoms with Gasteiger partial charge in [-0.15, -0.1) is 0 Å². The molecular formula is C27H40N2O6. The monoisotopic (exact) mass is 488 g/mol. The predicted octanol–water partition coefficient (Wildman–Crippen LogP) is 3.52. The van der Waals surface area contributed by atoms with Crippen LogP contribution in [0.2, 0.25) is 0 Å². The van der Waals surface area contributed by atoms with Crippen molar-refractivity contribution in [1.82, 2.24) is 10.2 Å². The number of nitrogens with one attached hydrogen (secondary N) is 1. The molecule has 2 saturated carbocycles. The first kappa shape index (κ1) is 27.1. The topological polar surface area (TPSA) is 127 Å². The molecule has 8 nitrogen and oxygen atoms in total. The van der Waals surface area contributed by atoms with Crippen LogP contribution in [0.3, 0.4) is 0 Å². The second kappa shape index (κ2) is 12.5. The second-order valence-corrected chi connectivity index (χ2v) is 10.3. The first-order valence-corrected chi connectivity index (χ1v) is 13.0. The highest BCUT2D eigenvalue weighted by Gasteiger charge is 2.38. The summed E-state index contributed by atoms with van der Waals surface area (Å²) in [6.45, 7) is 3.19. The van der Waals surface area contributed by atoms with Gasteiger partial charge in [-0.3, -0.25) is 4.79 Å². The van der Waals surface area contributed by atoms with E-state index in [1.54, 1.807) is 0 Å². The van der Waals surface area contributed by atoms with Crippen molar-refractivity contribution in [3.05, 3.63) is 35.4 Å². The van der Waals surface area contributed by atoms with Crippen molar-refractivity contribution in [1.29, 1.82) is 0 Å². The quantitative estimate of drug-likeness (QED) is 0.467. The Morgan fingerprint density at radius 2 is 1.60 bits per heavy atom. The smallest absolute Gasteiger partial charge is 0.414 e. The lowest BCUT2D eigenvalue weighted by Crippen LogP contribution is -2.54. The van der Waals surface area contributed by atoms with Crippen molar-refractivity contribution in [2.24, 2.45) is 5.92 Å². The molecule has 0 radical (unpaired) electrons. The van der Waals surface area contributed by atoms with Crippen molar-refractivity contribution in [3.63, 3.8) is 0 Å². The summed E-state index contributed by atoms with van der Waals surface area (Å²) < 4.78 is 0. The van der Waals surface area contributed by atoms with Gasteiger partial charge in [0, 0.05) is 12.6 Å². The van der Waals surface area contributed by atoms with Crippen molar-refractivity contribution in [2.75, 3.05) is 13.1 Å². The van der Waals surface area contributed by atoms with E-state index >= 15 is 0 Å². The zero-order valence-corrected chi connectivity index (χ0v) is 20.7.